The normalized spacial score (nSPS) is 21.3. The number of hydrogen-bond acceptors (Lipinski definition) is 3. The zero-order chi connectivity index (χ0) is 13.2. The molecule has 3 N–H and O–H groups in total. The van der Waals surface area contributed by atoms with E-state index in [4.69, 9.17) is 11.6 Å². The second-order valence-corrected chi connectivity index (χ2v) is 4.36. The van der Waals surface area contributed by atoms with E-state index in [0.717, 1.165) is 0 Å². The van der Waals surface area contributed by atoms with Crippen molar-refractivity contribution in [3.05, 3.63) is 29.8 Å². The van der Waals surface area contributed by atoms with Gasteiger partial charge in [-0.1, -0.05) is 18.2 Å². The molecule has 1 aromatic rings. The number of aliphatic hydroxyl groups is 1. The molecule has 0 aromatic heterocycles. The number of hydrogen-bond donors (Lipinski definition) is 3. The fourth-order valence-electron chi connectivity index (χ4n) is 1.98. The molecular formula is C12H13ClN2O3. The number of nitrogens with one attached hydrogen (secondary N) is 2. The average Bonchev–Trinajstić information content (AvgIpc) is 2.62. The van der Waals surface area contributed by atoms with Crippen molar-refractivity contribution in [3.8, 4) is 0 Å². The van der Waals surface area contributed by atoms with Gasteiger partial charge < -0.3 is 15.7 Å². The molecule has 1 unspecified atom stereocenters. The lowest BCUT2D eigenvalue weighted by molar-refractivity contribution is -0.134. The predicted molar refractivity (Wildman–Crippen MR) is 67.3 cm³/mol. The molecule has 0 saturated carbocycles. The smallest absolute Gasteiger partial charge is 0.261 e. The fourth-order valence-corrected chi connectivity index (χ4v) is 2.07. The molecule has 18 heavy (non-hydrogen) atoms. The predicted octanol–water partition coefficient (Wildman–Crippen LogP) is 0.571. The van der Waals surface area contributed by atoms with Crippen molar-refractivity contribution >= 4 is 29.1 Å². The lowest BCUT2D eigenvalue weighted by Gasteiger charge is -2.20. The van der Waals surface area contributed by atoms with Gasteiger partial charge in [0.25, 0.3) is 5.91 Å². The third-order valence-electron chi connectivity index (χ3n) is 2.93. The molecular weight excluding hydrogens is 256 g/mol. The summed E-state index contributed by atoms with van der Waals surface area (Å²) in [6.07, 6.45) is 0.110. The van der Waals surface area contributed by atoms with Crippen molar-refractivity contribution in [2.75, 3.05) is 17.7 Å². The third-order valence-corrected chi connectivity index (χ3v) is 3.17. The molecule has 0 saturated heterocycles. The molecule has 1 heterocycles. The molecule has 1 aliphatic rings. The minimum Gasteiger partial charge on any atom is -0.375 e. The summed E-state index contributed by atoms with van der Waals surface area (Å²) in [5.41, 5.74) is -0.445. The zero-order valence-corrected chi connectivity index (χ0v) is 10.3. The van der Waals surface area contributed by atoms with Crippen LogP contribution in [0.4, 0.5) is 5.69 Å². The highest BCUT2D eigenvalue weighted by Gasteiger charge is 2.44. The first-order valence-corrected chi connectivity index (χ1v) is 6.07. The molecule has 0 aliphatic carbocycles. The molecule has 0 spiro atoms. The van der Waals surface area contributed by atoms with Gasteiger partial charge in [0.2, 0.25) is 5.91 Å². The van der Waals surface area contributed by atoms with Crippen molar-refractivity contribution in [2.24, 2.45) is 0 Å². The Morgan fingerprint density at radius 2 is 2.17 bits per heavy atom. The summed E-state index contributed by atoms with van der Waals surface area (Å²) in [7, 11) is 0. The van der Waals surface area contributed by atoms with Crippen LogP contribution in [0.3, 0.4) is 0 Å². The van der Waals surface area contributed by atoms with Crippen LogP contribution in [0.15, 0.2) is 24.3 Å². The van der Waals surface area contributed by atoms with Gasteiger partial charge in [-0.25, -0.2) is 0 Å². The van der Waals surface area contributed by atoms with Gasteiger partial charge in [-0.3, -0.25) is 9.59 Å². The lowest BCUT2D eigenvalue weighted by atomic mass is 9.92. The van der Waals surface area contributed by atoms with E-state index in [9.17, 15) is 14.7 Å². The van der Waals surface area contributed by atoms with E-state index in [1.54, 1.807) is 24.3 Å². The Balaban J connectivity index is 2.11. The van der Waals surface area contributed by atoms with Crippen LogP contribution < -0.4 is 10.6 Å². The van der Waals surface area contributed by atoms with Gasteiger partial charge in [0.15, 0.2) is 5.60 Å². The maximum Gasteiger partial charge on any atom is 0.261 e. The Bertz CT molecular complexity index is 492. The maximum atomic E-state index is 11.8. The summed E-state index contributed by atoms with van der Waals surface area (Å²) in [5.74, 6) is -0.933. The number of fused-ring (bicyclic) bond motifs is 1. The molecule has 5 nitrogen and oxygen atoms in total. The number of rotatable bonds is 4. The standard InChI is InChI=1S/C12H13ClN2O3/c13-7-10(16)14-6-5-12(18)8-3-1-2-4-9(8)15-11(12)17/h1-4,18H,5-7H2,(H,14,16)(H,15,17). The first-order chi connectivity index (χ1) is 8.58. The Morgan fingerprint density at radius 3 is 2.89 bits per heavy atom. The van der Waals surface area contributed by atoms with E-state index in [1.165, 1.54) is 0 Å². The van der Waals surface area contributed by atoms with Gasteiger partial charge in [-0.05, 0) is 6.07 Å². The van der Waals surface area contributed by atoms with Crippen LogP contribution in [0.5, 0.6) is 0 Å². The monoisotopic (exact) mass is 268 g/mol. The van der Waals surface area contributed by atoms with E-state index < -0.39 is 11.5 Å². The van der Waals surface area contributed by atoms with Gasteiger partial charge in [-0.15, -0.1) is 11.6 Å². The van der Waals surface area contributed by atoms with Crippen molar-refractivity contribution < 1.29 is 14.7 Å². The molecule has 0 bridgehead atoms. The number of carbonyl (C=O) groups is 2. The second kappa shape index (κ2) is 4.96. The number of benzene rings is 1. The summed E-state index contributed by atoms with van der Waals surface area (Å²) in [6.45, 7) is 0.184. The lowest BCUT2D eigenvalue weighted by Crippen LogP contribution is -2.38. The summed E-state index contributed by atoms with van der Waals surface area (Å²) >= 11 is 5.34. The van der Waals surface area contributed by atoms with Gasteiger partial charge >= 0.3 is 0 Å². The largest absolute Gasteiger partial charge is 0.375 e. The van der Waals surface area contributed by atoms with Gasteiger partial charge in [0.1, 0.15) is 5.88 Å². The second-order valence-electron chi connectivity index (χ2n) is 4.09. The van der Waals surface area contributed by atoms with Crippen LogP contribution in [0, 0.1) is 0 Å². The van der Waals surface area contributed by atoms with Crippen LogP contribution in [0.25, 0.3) is 0 Å². The number of anilines is 1. The molecule has 0 fully saturated rings. The number of amides is 2. The van der Waals surface area contributed by atoms with Crippen LogP contribution in [0.1, 0.15) is 12.0 Å². The van der Waals surface area contributed by atoms with Crippen molar-refractivity contribution in [1.29, 1.82) is 0 Å². The molecule has 1 aliphatic heterocycles. The van der Waals surface area contributed by atoms with Crippen molar-refractivity contribution in [1.82, 2.24) is 5.32 Å². The Hall–Kier alpha value is -1.59. The summed E-state index contributed by atoms with van der Waals surface area (Å²) in [5, 5.41) is 15.5. The molecule has 0 radical (unpaired) electrons. The fraction of sp³-hybridized carbons (Fsp3) is 0.333. The number of para-hydroxylation sites is 1. The molecule has 1 atom stereocenters. The molecule has 2 amide bonds. The van der Waals surface area contributed by atoms with Crippen molar-refractivity contribution in [3.63, 3.8) is 0 Å². The quantitative estimate of drug-likeness (QED) is 0.699. The summed E-state index contributed by atoms with van der Waals surface area (Å²) < 4.78 is 0. The SMILES string of the molecule is O=C(CCl)NCCC1(O)C(=O)Nc2ccccc21. The number of halogens is 1. The van der Waals surface area contributed by atoms with Crippen LogP contribution in [-0.4, -0.2) is 29.3 Å². The Morgan fingerprint density at radius 1 is 1.44 bits per heavy atom. The van der Waals surface area contributed by atoms with Gasteiger partial charge in [-0.2, -0.15) is 0 Å². The maximum absolute atomic E-state index is 11.8. The van der Waals surface area contributed by atoms with Crippen LogP contribution >= 0.6 is 11.6 Å². The first-order valence-electron chi connectivity index (χ1n) is 5.54. The highest BCUT2D eigenvalue weighted by atomic mass is 35.5. The third kappa shape index (κ3) is 2.19. The van der Waals surface area contributed by atoms with Crippen LogP contribution in [0.2, 0.25) is 0 Å². The molecule has 1 aromatic carbocycles. The Labute approximate surface area is 109 Å². The molecule has 6 heteroatoms. The highest BCUT2D eigenvalue weighted by Crippen LogP contribution is 2.37. The zero-order valence-electron chi connectivity index (χ0n) is 9.57. The number of carbonyl (C=O) groups excluding carboxylic acids is 2. The van der Waals surface area contributed by atoms with Gasteiger partial charge in [0.05, 0.1) is 0 Å². The minimum atomic E-state index is -1.59. The minimum absolute atomic E-state index is 0.110. The summed E-state index contributed by atoms with van der Waals surface area (Å²) in [4.78, 5) is 22.8. The van der Waals surface area contributed by atoms with E-state index in [-0.39, 0.29) is 24.8 Å². The van der Waals surface area contributed by atoms with E-state index in [1.807, 2.05) is 0 Å². The van der Waals surface area contributed by atoms with Crippen molar-refractivity contribution in [2.45, 2.75) is 12.0 Å². The number of alkyl halides is 1. The van der Waals surface area contributed by atoms with E-state index in [2.05, 4.69) is 10.6 Å². The summed E-state index contributed by atoms with van der Waals surface area (Å²) in [6, 6.07) is 6.95. The molecule has 2 rings (SSSR count). The average molecular weight is 269 g/mol. The van der Waals surface area contributed by atoms with Gasteiger partial charge in [0, 0.05) is 24.2 Å². The van der Waals surface area contributed by atoms with E-state index in [0.29, 0.717) is 11.3 Å². The van der Waals surface area contributed by atoms with E-state index >= 15 is 0 Å². The van der Waals surface area contributed by atoms with Crippen LogP contribution in [-0.2, 0) is 15.2 Å². The Kier molecular flexibility index (Phi) is 3.54. The molecule has 96 valence electrons. The topological polar surface area (TPSA) is 78.4 Å². The first kappa shape index (κ1) is 12.9. The highest BCUT2D eigenvalue weighted by molar-refractivity contribution is 6.27.